The minimum atomic E-state index is -0.0182. The first-order chi connectivity index (χ1) is 11.7. The van der Waals surface area contributed by atoms with Crippen LogP contribution in [0.25, 0.3) is 5.82 Å². The Balaban J connectivity index is 1.59. The zero-order valence-corrected chi connectivity index (χ0v) is 13.3. The van der Waals surface area contributed by atoms with Gasteiger partial charge in [0.05, 0.1) is 6.54 Å². The summed E-state index contributed by atoms with van der Waals surface area (Å²) in [6.07, 6.45) is 6.68. The van der Waals surface area contributed by atoms with Gasteiger partial charge < -0.3 is 9.32 Å². The fourth-order valence-corrected chi connectivity index (χ4v) is 2.66. The van der Waals surface area contributed by atoms with Crippen molar-refractivity contribution in [1.29, 1.82) is 0 Å². The smallest absolute Gasteiger partial charge is 0.254 e. The van der Waals surface area contributed by atoms with E-state index in [4.69, 9.17) is 4.42 Å². The maximum Gasteiger partial charge on any atom is 0.254 e. The Kier molecular flexibility index (Phi) is 3.60. The Morgan fingerprint density at radius 3 is 2.92 bits per heavy atom. The Hall–Kier alpha value is -2.96. The van der Waals surface area contributed by atoms with E-state index in [1.54, 1.807) is 24.7 Å². The van der Waals surface area contributed by atoms with Crippen LogP contribution in [-0.4, -0.2) is 36.6 Å². The van der Waals surface area contributed by atoms with Gasteiger partial charge in [-0.25, -0.2) is 14.6 Å². The summed E-state index contributed by atoms with van der Waals surface area (Å²) in [4.78, 5) is 23.0. The molecular weight excluding hydrogens is 306 g/mol. The van der Waals surface area contributed by atoms with E-state index in [2.05, 4.69) is 15.1 Å². The topological polar surface area (TPSA) is 77.1 Å². The molecule has 24 heavy (non-hydrogen) atoms. The van der Waals surface area contributed by atoms with Crippen LogP contribution in [0.2, 0.25) is 0 Å². The minimum Gasteiger partial charge on any atom is -0.464 e. The highest BCUT2D eigenvalue weighted by Gasteiger charge is 2.33. The van der Waals surface area contributed by atoms with E-state index >= 15 is 0 Å². The number of carbonyl (C=O) groups excluding carboxylic acids is 1. The van der Waals surface area contributed by atoms with Gasteiger partial charge in [0.1, 0.15) is 24.2 Å². The van der Waals surface area contributed by atoms with Crippen molar-refractivity contribution in [3.05, 3.63) is 60.2 Å². The highest BCUT2D eigenvalue weighted by atomic mass is 16.3. The zero-order chi connectivity index (χ0) is 16.5. The van der Waals surface area contributed by atoms with E-state index < -0.39 is 0 Å². The number of nitrogens with zero attached hydrogens (tertiary/aromatic N) is 5. The van der Waals surface area contributed by atoms with Crippen LogP contribution in [0.1, 0.15) is 34.7 Å². The highest BCUT2D eigenvalue weighted by Crippen LogP contribution is 2.30. The first-order valence-electron chi connectivity index (χ1n) is 7.88. The van der Waals surface area contributed by atoms with Gasteiger partial charge in [-0.15, -0.1) is 0 Å². The Morgan fingerprint density at radius 2 is 2.25 bits per heavy atom. The maximum atomic E-state index is 13.0. The quantitative estimate of drug-likeness (QED) is 0.720. The van der Waals surface area contributed by atoms with Crippen molar-refractivity contribution in [2.75, 3.05) is 0 Å². The van der Waals surface area contributed by atoms with Crippen molar-refractivity contribution in [3.8, 4) is 5.82 Å². The molecule has 0 spiro atoms. The van der Waals surface area contributed by atoms with Crippen molar-refractivity contribution < 1.29 is 9.21 Å². The van der Waals surface area contributed by atoms with Gasteiger partial charge in [-0.2, -0.15) is 5.10 Å². The van der Waals surface area contributed by atoms with Gasteiger partial charge in [0.15, 0.2) is 5.82 Å². The molecule has 7 nitrogen and oxygen atoms in total. The van der Waals surface area contributed by atoms with Gasteiger partial charge in [0, 0.05) is 17.8 Å². The van der Waals surface area contributed by atoms with E-state index in [9.17, 15) is 4.79 Å². The molecule has 1 saturated carbocycles. The molecule has 1 fully saturated rings. The molecule has 3 heterocycles. The van der Waals surface area contributed by atoms with Gasteiger partial charge in [0.2, 0.25) is 0 Å². The van der Waals surface area contributed by atoms with Gasteiger partial charge in [-0.1, -0.05) is 0 Å². The van der Waals surface area contributed by atoms with Gasteiger partial charge in [-0.05, 0) is 44.0 Å². The van der Waals surface area contributed by atoms with Crippen LogP contribution < -0.4 is 0 Å². The molecular formula is C17H17N5O2. The average Bonchev–Trinajstić information content (AvgIpc) is 3.12. The SMILES string of the molecule is Cc1ccc(CN(C(=O)c2ccnc(-n3cncn3)c2)C2CC2)o1. The van der Waals surface area contributed by atoms with E-state index in [-0.39, 0.29) is 11.9 Å². The number of aryl methyl sites for hydroxylation is 1. The number of carbonyl (C=O) groups is 1. The molecule has 3 aromatic heterocycles. The summed E-state index contributed by atoms with van der Waals surface area (Å²) in [5.74, 6) is 2.21. The molecule has 0 bridgehead atoms. The monoisotopic (exact) mass is 323 g/mol. The van der Waals surface area contributed by atoms with Crippen molar-refractivity contribution in [3.63, 3.8) is 0 Å². The summed E-state index contributed by atoms with van der Waals surface area (Å²) in [5, 5.41) is 4.05. The number of rotatable bonds is 5. The summed E-state index contributed by atoms with van der Waals surface area (Å²) in [6.45, 7) is 2.39. The number of aromatic nitrogens is 4. The first-order valence-corrected chi connectivity index (χ1v) is 7.88. The fourth-order valence-electron chi connectivity index (χ4n) is 2.66. The van der Waals surface area contributed by atoms with E-state index in [1.165, 1.54) is 11.0 Å². The van der Waals surface area contributed by atoms with Crippen LogP contribution in [0.4, 0.5) is 0 Å². The van der Waals surface area contributed by atoms with Crippen LogP contribution in [-0.2, 0) is 6.54 Å². The Morgan fingerprint density at radius 1 is 1.38 bits per heavy atom. The predicted molar refractivity (Wildman–Crippen MR) is 85.5 cm³/mol. The summed E-state index contributed by atoms with van der Waals surface area (Å²) >= 11 is 0. The molecule has 0 radical (unpaired) electrons. The predicted octanol–water partition coefficient (Wildman–Crippen LogP) is 2.37. The summed E-state index contributed by atoms with van der Waals surface area (Å²) in [6, 6.07) is 7.59. The van der Waals surface area contributed by atoms with Crippen molar-refractivity contribution in [2.45, 2.75) is 32.4 Å². The molecule has 1 amide bonds. The number of amides is 1. The third-order valence-corrected chi connectivity index (χ3v) is 4.02. The molecule has 4 rings (SSSR count). The third-order valence-electron chi connectivity index (χ3n) is 4.02. The van der Waals surface area contributed by atoms with Gasteiger partial charge >= 0.3 is 0 Å². The number of pyridine rings is 1. The molecule has 0 aromatic carbocycles. The lowest BCUT2D eigenvalue weighted by Gasteiger charge is -2.21. The number of hydrogen-bond acceptors (Lipinski definition) is 5. The highest BCUT2D eigenvalue weighted by molar-refractivity contribution is 5.94. The van der Waals surface area contributed by atoms with Crippen LogP contribution in [0.3, 0.4) is 0 Å². The molecule has 7 heteroatoms. The minimum absolute atomic E-state index is 0.0182. The molecule has 0 unspecified atom stereocenters. The van der Waals surface area contributed by atoms with Gasteiger partial charge in [-0.3, -0.25) is 4.79 Å². The number of furan rings is 1. The maximum absolute atomic E-state index is 13.0. The lowest BCUT2D eigenvalue weighted by atomic mass is 10.2. The molecule has 0 atom stereocenters. The largest absolute Gasteiger partial charge is 0.464 e. The molecule has 0 N–H and O–H groups in total. The average molecular weight is 323 g/mol. The fraction of sp³-hybridized carbons (Fsp3) is 0.294. The second-order valence-corrected chi connectivity index (χ2v) is 5.92. The van der Waals surface area contributed by atoms with E-state index in [0.717, 1.165) is 24.4 Å². The van der Waals surface area contributed by atoms with Crippen molar-refractivity contribution >= 4 is 5.91 Å². The standard InChI is InChI=1S/C17H17N5O2/c1-12-2-5-15(24-12)9-21(14-3-4-14)17(23)13-6-7-19-16(8-13)22-11-18-10-20-22/h2,5-8,10-11,14H,3-4,9H2,1H3. The first kappa shape index (κ1) is 14.6. The summed E-state index contributed by atoms with van der Waals surface area (Å²) < 4.78 is 7.17. The second-order valence-electron chi connectivity index (χ2n) is 5.92. The van der Waals surface area contributed by atoms with Gasteiger partial charge in [0.25, 0.3) is 5.91 Å². The van der Waals surface area contributed by atoms with E-state index in [1.807, 2.05) is 24.0 Å². The Bertz CT molecular complexity index is 852. The van der Waals surface area contributed by atoms with Crippen LogP contribution >= 0.6 is 0 Å². The summed E-state index contributed by atoms with van der Waals surface area (Å²) in [7, 11) is 0. The van der Waals surface area contributed by atoms with Crippen molar-refractivity contribution in [2.24, 2.45) is 0 Å². The Labute approximate surface area is 138 Å². The molecule has 0 saturated heterocycles. The summed E-state index contributed by atoms with van der Waals surface area (Å²) in [5.41, 5.74) is 0.589. The number of hydrogen-bond donors (Lipinski definition) is 0. The van der Waals surface area contributed by atoms with Crippen LogP contribution in [0.5, 0.6) is 0 Å². The molecule has 0 aliphatic heterocycles. The second kappa shape index (κ2) is 5.92. The molecule has 1 aliphatic carbocycles. The molecule has 3 aromatic rings. The third kappa shape index (κ3) is 2.92. The van der Waals surface area contributed by atoms with E-state index in [0.29, 0.717) is 17.9 Å². The van der Waals surface area contributed by atoms with Crippen LogP contribution in [0.15, 0.2) is 47.5 Å². The molecule has 122 valence electrons. The zero-order valence-electron chi connectivity index (χ0n) is 13.3. The molecule has 1 aliphatic rings. The lowest BCUT2D eigenvalue weighted by Crippen LogP contribution is -2.32. The lowest BCUT2D eigenvalue weighted by molar-refractivity contribution is 0.0717. The normalized spacial score (nSPS) is 13.9. The van der Waals surface area contributed by atoms with Crippen LogP contribution in [0, 0.1) is 6.92 Å². The van der Waals surface area contributed by atoms with Crippen molar-refractivity contribution in [1.82, 2.24) is 24.6 Å².